The summed E-state index contributed by atoms with van der Waals surface area (Å²) in [6.45, 7) is 3.09. The minimum Gasteiger partial charge on any atom is -0.493 e. The van der Waals surface area contributed by atoms with Crippen molar-refractivity contribution in [1.29, 1.82) is 0 Å². The molecule has 1 aliphatic rings. The van der Waals surface area contributed by atoms with Gasteiger partial charge in [-0.15, -0.1) is 0 Å². The van der Waals surface area contributed by atoms with Crippen LogP contribution in [-0.2, 0) is 0 Å². The zero-order chi connectivity index (χ0) is 13.8. The van der Waals surface area contributed by atoms with E-state index in [2.05, 4.69) is 18.3 Å². The van der Waals surface area contributed by atoms with Crippen LogP contribution in [0.2, 0.25) is 0 Å². The van der Waals surface area contributed by atoms with Crippen LogP contribution in [0.3, 0.4) is 0 Å². The molecular formula is C15H23NO3. The molecule has 1 atom stereocenters. The molecule has 1 unspecified atom stereocenters. The molecule has 2 rings (SSSR count). The van der Waals surface area contributed by atoms with Gasteiger partial charge in [0.2, 0.25) is 0 Å². The van der Waals surface area contributed by atoms with E-state index in [1.807, 2.05) is 12.1 Å². The minimum atomic E-state index is -0.0804. The Morgan fingerprint density at radius 1 is 1.26 bits per heavy atom. The van der Waals surface area contributed by atoms with Crippen LogP contribution in [-0.4, -0.2) is 32.0 Å². The van der Waals surface area contributed by atoms with Gasteiger partial charge < -0.3 is 19.9 Å². The number of methoxy groups -OCH3 is 2. The highest BCUT2D eigenvalue weighted by Crippen LogP contribution is 2.31. The van der Waals surface area contributed by atoms with Crippen molar-refractivity contribution in [2.24, 2.45) is 5.92 Å². The maximum Gasteiger partial charge on any atom is 0.161 e. The molecule has 1 aromatic carbocycles. The van der Waals surface area contributed by atoms with Crippen LogP contribution >= 0.6 is 0 Å². The number of aliphatic hydroxyl groups is 1. The van der Waals surface area contributed by atoms with Gasteiger partial charge in [0.15, 0.2) is 11.5 Å². The van der Waals surface area contributed by atoms with Crippen molar-refractivity contribution in [2.45, 2.75) is 31.9 Å². The lowest BCUT2D eigenvalue weighted by Gasteiger charge is -2.32. The molecule has 0 spiro atoms. The smallest absolute Gasteiger partial charge is 0.161 e. The second-order valence-corrected chi connectivity index (χ2v) is 5.24. The molecule has 0 aromatic heterocycles. The van der Waals surface area contributed by atoms with E-state index in [1.54, 1.807) is 14.2 Å². The Hall–Kier alpha value is -1.26. The molecule has 1 aliphatic carbocycles. The summed E-state index contributed by atoms with van der Waals surface area (Å²) < 4.78 is 10.5. The molecule has 0 amide bonds. The van der Waals surface area contributed by atoms with Gasteiger partial charge in [-0.05, 0) is 49.9 Å². The molecule has 1 aromatic rings. The first kappa shape index (κ1) is 14.2. The number of benzene rings is 1. The Morgan fingerprint density at radius 2 is 1.95 bits per heavy atom. The highest BCUT2D eigenvalue weighted by atomic mass is 16.5. The largest absolute Gasteiger partial charge is 0.493 e. The monoisotopic (exact) mass is 265 g/mol. The lowest BCUT2D eigenvalue weighted by atomic mass is 9.82. The van der Waals surface area contributed by atoms with E-state index in [9.17, 15) is 5.11 Å². The van der Waals surface area contributed by atoms with Crippen molar-refractivity contribution in [3.63, 3.8) is 0 Å². The van der Waals surface area contributed by atoms with Crippen LogP contribution in [0.1, 0.15) is 31.4 Å². The van der Waals surface area contributed by atoms with Crippen molar-refractivity contribution in [3.8, 4) is 11.5 Å². The van der Waals surface area contributed by atoms with E-state index in [-0.39, 0.29) is 12.1 Å². The van der Waals surface area contributed by atoms with Gasteiger partial charge in [0, 0.05) is 6.04 Å². The maximum atomic E-state index is 9.27. The molecule has 2 N–H and O–H groups in total. The quantitative estimate of drug-likeness (QED) is 0.827. The van der Waals surface area contributed by atoms with Crippen LogP contribution < -0.4 is 14.8 Å². The predicted octanol–water partition coefficient (Wildman–Crippen LogP) is 2.13. The summed E-state index contributed by atoms with van der Waals surface area (Å²) in [7, 11) is 3.29. The van der Waals surface area contributed by atoms with Gasteiger partial charge >= 0.3 is 0 Å². The fourth-order valence-corrected chi connectivity index (χ4v) is 2.45. The zero-order valence-electron chi connectivity index (χ0n) is 11.8. The molecule has 1 fully saturated rings. The average Bonchev–Trinajstić information content (AvgIpc) is 2.41. The van der Waals surface area contributed by atoms with Crippen LogP contribution in [0.5, 0.6) is 11.5 Å². The summed E-state index contributed by atoms with van der Waals surface area (Å²) in [6, 6.07) is 6.25. The van der Waals surface area contributed by atoms with Gasteiger partial charge in [-0.1, -0.05) is 6.07 Å². The topological polar surface area (TPSA) is 50.7 Å². The molecule has 106 valence electrons. The molecule has 0 bridgehead atoms. The zero-order valence-corrected chi connectivity index (χ0v) is 11.8. The fraction of sp³-hybridized carbons (Fsp3) is 0.600. The number of hydrogen-bond donors (Lipinski definition) is 2. The second-order valence-electron chi connectivity index (χ2n) is 5.24. The van der Waals surface area contributed by atoms with E-state index < -0.39 is 0 Å². The number of hydrogen-bond acceptors (Lipinski definition) is 4. The molecule has 1 saturated carbocycles. The van der Waals surface area contributed by atoms with Crippen LogP contribution in [0, 0.1) is 5.92 Å². The number of rotatable bonds is 6. The molecule has 0 aliphatic heterocycles. The third kappa shape index (κ3) is 3.39. The van der Waals surface area contributed by atoms with E-state index in [1.165, 1.54) is 5.56 Å². The maximum absolute atomic E-state index is 9.27. The standard InChI is InChI=1S/C15H23NO3/c1-10(16-9-11-6-13(17)7-11)12-4-5-14(18-2)15(8-12)19-3/h4-5,8,10-11,13,16-17H,6-7,9H2,1-3H3. The Kier molecular flexibility index (Phi) is 4.66. The van der Waals surface area contributed by atoms with Gasteiger partial charge in [0.1, 0.15) is 0 Å². The Balaban J connectivity index is 1.92. The Labute approximate surface area is 114 Å². The van der Waals surface area contributed by atoms with Crippen molar-refractivity contribution < 1.29 is 14.6 Å². The highest BCUT2D eigenvalue weighted by molar-refractivity contribution is 5.43. The number of nitrogens with one attached hydrogen (secondary N) is 1. The van der Waals surface area contributed by atoms with Gasteiger partial charge in [-0.3, -0.25) is 0 Å². The van der Waals surface area contributed by atoms with Gasteiger partial charge in [0.05, 0.1) is 20.3 Å². The van der Waals surface area contributed by atoms with E-state index >= 15 is 0 Å². The molecule has 0 radical (unpaired) electrons. The normalized spacial score (nSPS) is 23.6. The number of ether oxygens (including phenoxy) is 2. The molecule has 4 heteroatoms. The molecule has 0 saturated heterocycles. The number of aliphatic hydroxyl groups excluding tert-OH is 1. The van der Waals surface area contributed by atoms with Crippen molar-refractivity contribution >= 4 is 0 Å². The van der Waals surface area contributed by atoms with Crippen molar-refractivity contribution in [2.75, 3.05) is 20.8 Å². The first-order valence-electron chi connectivity index (χ1n) is 6.77. The van der Waals surface area contributed by atoms with Crippen LogP contribution in [0.25, 0.3) is 0 Å². The Morgan fingerprint density at radius 3 is 2.53 bits per heavy atom. The second kappa shape index (κ2) is 6.26. The predicted molar refractivity (Wildman–Crippen MR) is 74.7 cm³/mol. The lowest BCUT2D eigenvalue weighted by molar-refractivity contribution is 0.0420. The van der Waals surface area contributed by atoms with Crippen LogP contribution in [0.4, 0.5) is 0 Å². The summed E-state index contributed by atoms with van der Waals surface area (Å²) in [6.07, 6.45) is 1.76. The molecule has 0 heterocycles. The summed E-state index contributed by atoms with van der Waals surface area (Å²) in [5, 5.41) is 12.8. The lowest BCUT2D eigenvalue weighted by Crippen LogP contribution is -2.36. The minimum absolute atomic E-state index is 0.0804. The van der Waals surface area contributed by atoms with Crippen molar-refractivity contribution in [3.05, 3.63) is 23.8 Å². The molecular weight excluding hydrogens is 242 g/mol. The van der Waals surface area contributed by atoms with Crippen molar-refractivity contribution in [1.82, 2.24) is 5.32 Å². The third-order valence-electron chi connectivity index (χ3n) is 3.83. The summed E-state index contributed by atoms with van der Waals surface area (Å²) in [4.78, 5) is 0. The van der Waals surface area contributed by atoms with Gasteiger partial charge in [-0.2, -0.15) is 0 Å². The van der Waals surface area contributed by atoms with Gasteiger partial charge in [0.25, 0.3) is 0 Å². The molecule has 4 nitrogen and oxygen atoms in total. The summed E-state index contributed by atoms with van der Waals surface area (Å²) in [5.41, 5.74) is 1.18. The van der Waals surface area contributed by atoms with E-state index in [4.69, 9.17) is 9.47 Å². The van der Waals surface area contributed by atoms with Crippen LogP contribution in [0.15, 0.2) is 18.2 Å². The molecule has 19 heavy (non-hydrogen) atoms. The third-order valence-corrected chi connectivity index (χ3v) is 3.83. The SMILES string of the molecule is COc1ccc(C(C)NCC2CC(O)C2)cc1OC. The first-order chi connectivity index (χ1) is 9.13. The summed E-state index contributed by atoms with van der Waals surface area (Å²) >= 11 is 0. The fourth-order valence-electron chi connectivity index (χ4n) is 2.45. The highest BCUT2D eigenvalue weighted by Gasteiger charge is 2.27. The van der Waals surface area contributed by atoms with E-state index in [0.717, 1.165) is 30.9 Å². The average molecular weight is 265 g/mol. The van der Waals surface area contributed by atoms with E-state index in [0.29, 0.717) is 5.92 Å². The Bertz CT molecular complexity index is 416. The summed E-state index contributed by atoms with van der Waals surface area (Å²) in [5.74, 6) is 2.12. The van der Waals surface area contributed by atoms with Gasteiger partial charge in [-0.25, -0.2) is 0 Å². The first-order valence-corrected chi connectivity index (χ1v) is 6.77.